The van der Waals surface area contributed by atoms with Gasteiger partial charge >= 0.3 is 4.87 Å². The van der Waals surface area contributed by atoms with Crippen molar-refractivity contribution in [3.05, 3.63) is 79.6 Å². The van der Waals surface area contributed by atoms with Crippen LogP contribution in [0.5, 0.6) is 11.5 Å². The fourth-order valence-corrected chi connectivity index (χ4v) is 8.00. The number of hydrogen-bond acceptors (Lipinski definition) is 10. The number of H-pyrrole nitrogens is 1. The maximum absolute atomic E-state index is 12.9. The summed E-state index contributed by atoms with van der Waals surface area (Å²) in [7, 11) is 0. The third kappa shape index (κ3) is 8.17. The number of aryl methyl sites for hydroxylation is 1. The monoisotopic (exact) mass is 666 g/mol. The lowest BCUT2D eigenvalue weighted by atomic mass is 9.89. The van der Waals surface area contributed by atoms with Crippen molar-refractivity contribution in [2.45, 2.75) is 50.4 Å². The number of piperidine rings is 1. The Morgan fingerprint density at radius 3 is 2.74 bits per heavy atom. The number of aromatic hydroxyl groups is 1. The standard InChI is InChI=1S/C34H42N4O6S2/c39-28-11-10-27(32-31(28)36-33(42)46-32)29(40)22-35-21-24-6-8-25(9-7-24)43-18-16-37-14-12-34(13-15-37)23-38(17-19-44-34)30(41)5-1-3-26-4-2-20-45-26/h2,4,6-11,20,29,35,39-40H,1,3,5,12-19,21-23H2,(H,36,42). The molecule has 4 aromatic rings. The lowest BCUT2D eigenvalue weighted by Crippen LogP contribution is -2.58. The van der Waals surface area contributed by atoms with Gasteiger partial charge in [-0.3, -0.25) is 14.5 Å². The summed E-state index contributed by atoms with van der Waals surface area (Å²) in [6, 6.07) is 15.3. The molecular weight excluding hydrogens is 625 g/mol. The van der Waals surface area contributed by atoms with Crippen molar-refractivity contribution in [3.63, 3.8) is 0 Å². The number of aromatic amines is 1. The van der Waals surface area contributed by atoms with Gasteiger partial charge in [-0.1, -0.05) is 35.6 Å². The Morgan fingerprint density at radius 2 is 1.96 bits per heavy atom. The lowest BCUT2D eigenvalue weighted by Gasteiger charge is -2.47. The van der Waals surface area contributed by atoms with E-state index in [2.05, 4.69) is 32.7 Å². The molecule has 2 aliphatic rings. The molecule has 0 radical (unpaired) electrons. The van der Waals surface area contributed by atoms with Crippen molar-refractivity contribution < 1.29 is 24.5 Å². The first-order valence-electron chi connectivity index (χ1n) is 16.0. The third-order valence-corrected chi connectivity index (χ3v) is 10.8. The van der Waals surface area contributed by atoms with Crippen molar-refractivity contribution in [3.8, 4) is 11.5 Å². The van der Waals surface area contributed by atoms with E-state index in [0.717, 1.165) is 68.0 Å². The number of rotatable bonds is 13. The highest BCUT2D eigenvalue weighted by Gasteiger charge is 2.40. The molecule has 2 aliphatic heterocycles. The Bertz CT molecular complexity index is 1630. The van der Waals surface area contributed by atoms with Gasteiger partial charge in [0.05, 0.1) is 23.0 Å². The summed E-state index contributed by atoms with van der Waals surface area (Å²) < 4.78 is 12.9. The summed E-state index contributed by atoms with van der Waals surface area (Å²) in [6.45, 7) is 6.17. The normalized spacial score (nSPS) is 17.5. The summed E-state index contributed by atoms with van der Waals surface area (Å²) in [6.07, 6.45) is 3.49. The van der Waals surface area contributed by atoms with Gasteiger partial charge in [-0.25, -0.2) is 0 Å². The number of thiophene rings is 1. The van der Waals surface area contributed by atoms with Crippen LogP contribution < -0.4 is 14.9 Å². The Morgan fingerprint density at radius 1 is 1.13 bits per heavy atom. The molecule has 2 aromatic carbocycles. The summed E-state index contributed by atoms with van der Waals surface area (Å²) in [5.41, 5.74) is 1.81. The number of hydrogen-bond donors (Lipinski definition) is 4. The number of fused-ring (bicyclic) bond motifs is 1. The quantitative estimate of drug-likeness (QED) is 0.167. The van der Waals surface area contributed by atoms with Gasteiger partial charge in [0.15, 0.2) is 0 Å². The van der Waals surface area contributed by atoms with Crippen molar-refractivity contribution in [2.24, 2.45) is 0 Å². The predicted molar refractivity (Wildman–Crippen MR) is 181 cm³/mol. The Hall–Kier alpha value is -3.26. The smallest absolute Gasteiger partial charge is 0.305 e. The summed E-state index contributed by atoms with van der Waals surface area (Å²) in [4.78, 5) is 32.8. The molecule has 46 heavy (non-hydrogen) atoms. The van der Waals surface area contributed by atoms with Crippen molar-refractivity contribution >= 4 is 38.8 Å². The van der Waals surface area contributed by atoms with Gasteiger partial charge in [-0.2, -0.15) is 0 Å². The molecule has 6 rings (SSSR count). The largest absolute Gasteiger partial charge is 0.506 e. The maximum atomic E-state index is 12.9. The molecule has 2 saturated heterocycles. The van der Waals surface area contributed by atoms with Crippen LogP contribution in [0.1, 0.15) is 47.8 Å². The van der Waals surface area contributed by atoms with Crippen LogP contribution in [0.4, 0.5) is 0 Å². The number of benzene rings is 2. The van der Waals surface area contributed by atoms with Gasteiger partial charge < -0.3 is 34.9 Å². The Kier molecular flexibility index (Phi) is 10.7. The number of ether oxygens (including phenoxy) is 2. The number of aliphatic hydroxyl groups excluding tert-OH is 1. The van der Waals surface area contributed by atoms with Gasteiger partial charge in [-0.05, 0) is 60.9 Å². The zero-order chi connectivity index (χ0) is 31.9. The minimum atomic E-state index is -0.820. The van der Waals surface area contributed by atoms with Gasteiger partial charge in [-0.15, -0.1) is 11.3 Å². The molecule has 12 heteroatoms. The third-order valence-electron chi connectivity index (χ3n) is 8.98. The number of thiazole rings is 1. The Balaban J connectivity index is 0.879. The molecule has 10 nitrogen and oxygen atoms in total. The number of phenols is 1. The van der Waals surface area contributed by atoms with Crippen LogP contribution >= 0.6 is 22.7 Å². The summed E-state index contributed by atoms with van der Waals surface area (Å²) in [5, 5.41) is 26.0. The molecule has 0 aliphatic carbocycles. The molecule has 1 atom stereocenters. The molecule has 0 bridgehead atoms. The van der Waals surface area contributed by atoms with Crippen molar-refractivity contribution in [2.75, 3.05) is 52.5 Å². The van der Waals surface area contributed by atoms with Crippen LogP contribution in [-0.2, 0) is 22.5 Å². The number of aromatic nitrogens is 1. The zero-order valence-electron chi connectivity index (χ0n) is 25.9. The first-order valence-corrected chi connectivity index (χ1v) is 17.7. The molecule has 0 saturated carbocycles. The lowest BCUT2D eigenvalue weighted by molar-refractivity contribution is -0.159. The van der Waals surface area contributed by atoms with Gasteiger partial charge in [0.1, 0.15) is 23.6 Å². The second-order valence-electron chi connectivity index (χ2n) is 12.2. The summed E-state index contributed by atoms with van der Waals surface area (Å²) >= 11 is 2.74. The van der Waals surface area contributed by atoms with Crippen LogP contribution in [0.25, 0.3) is 10.2 Å². The fourth-order valence-electron chi connectivity index (χ4n) is 6.33. The number of carbonyl (C=O) groups is 1. The number of aliphatic hydroxyl groups is 1. The highest BCUT2D eigenvalue weighted by molar-refractivity contribution is 7.16. The average Bonchev–Trinajstić information content (AvgIpc) is 3.73. The van der Waals surface area contributed by atoms with Crippen molar-refractivity contribution in [1.82, 2.24) is 20.1 Å². The number of nitrogens with zero attached hydrogens (tertiary/aromatic N) is 2. The molecule has 2 aromatic heterocycles. The van der Waals surface area contributed by atoms with E-state index in [9.17, 15) is 19.8 Å². The maximum Gasteiger partial charge on any atom is 0.305 e. The SMILES string of the molecule is O=C(CCCc1cccs1)N1CCOC2(CCN(CCOc3ccc(CNCC(O)c4ccc(O)c5[nH]c(=O)sc45)cc3)CC2)C1. The first-order chi connectivity index (χ1) is 22.4. The highest BCUT2D eigenvalue weighted by Crippen LogP contribution is 2.32. The predicted octanol–water partition coefficient (Wildman–Crippen LogP) is 4.28. The molecular formula is C34H42N4O6S2. The van der Waals surface area contributed by atoms with E-state index in [1.54, 1.807) is 17.4 Å². The Labute approximate surface area is 276 Å². The van der Waals surface area contributed by atoms with Crippen LogP contribution in [0.3, 0.4) is 0 Å². The average molecular weight is 667 g/mol. The number of phenolic OH excluding ortho intramolecular Hbond substituents is 1. The topological polar surface area (TPSA) is 127 Å². The van der Waals surface area contributed by atoms with Crippen LogP contribution in [0.2, 0.25) is 0 Å². The number of morpholine rings is 1. The van der Waals surface area contributed by atoms with Crippen LogP contribution in [0, 0.1) is 0 Å². The van der Waals surface area contributed by atoms with E-state index >= 15 is 0 Å². The number of amides is 1. The molecule has 4 heterocycles. The first kappa shape index (κ1) is 32.7. The zero-order valence-corrected chi connectivity index (χ0v) is 27.5. The molecule has 1 spiro atoms. The summed E-state index contributed by atoms with van der Waals surface area (Å²) in [5.74, 6) is 1.06. The molecule has 1 amide bonds. The van der Waals surface area contributed by atoms with Crippen LogP contribution in [-0.4, -0.2) is 89.0 Å². The number of likely N-dealkylation sites (tertiary alicyclic amines) is 1. The van der Waals surface area contributed by atoms with E-state index < -0.39 is 6.10 Å². The van der Waals surface area contributed by atoms with E-state index in [0.29, 0.717) is 61.6 Å². The molecule has 1 unspecified atom stereocenters. The minimum Gasteiger partial charge on any atom is -0.506 e. The number of nitrogens with one attached hydrogen (secondary N) is 2. The molecule has 4 N–H and O–H groups in total. The van der Waals surface area contributed by atoms with E-state index in [1.165, 1.54) is 10.9 Å². The van der Waals surface area contributed by atoms with Gasteiger partial charge in [0.2, 0.25) is 5.91 Å². The van der Waals surface area contributed by atoms with E-state index in [1.807, 2.05) is 29.2 Å². The fraction of sp³-hybridized carbons (Fsp3) is 0.471. The molecule has 246 valence electrons. The number of carbonyl (C=O) groups excluding carboxylic acids is 1. The van der Waals surface area contributed by atoms with E-state index in [-0.39, 0.29) is 22.1 Å². The second-order valence-corrected chi connectivity index (χ2v) is 14.2. The van der Waals surface area contributed by atoms with Gasteiger partial charge in [0, 0.05) is 62.7 Å². The minimum absolute atomic E-state index is 0.00454. The van der Waals surface area contributed by atoms with Gasteiger partial charge in [0.25, 0.3) is 0 Å². The van der Waals surface area contributed by atoms with E-state index in [4.69, 9.17) is 9.47 Å². The van der Waals surface area contributed by atoms with Crippen molar-refractivity contribution in [1.29, 1.82) is 0 Å². The molecule has 2 fully saturated rings. The van der Waals surface area contributed by atoms with Crippen LogP contribution in [0.15, 0.2) is 58.7 Å². The second kappa shape index (κ2) is 15.1. The highest BCUT2D eigenvalue weighted by atomic mass is 32.1.